The molecule has 0 saturated heterocycles. The molecule has 0 atom stereocenters. The maximum absolute atomic E-state index is 4.45. The molecule has 0 aliphatic rings. The first-order valence-corrected chi connectivity index (χ1v) is 6.84. The lowest BCUT2D eigenvalue weighted by Crippen LogP contribution is -2.02. The Morgan fingerprint density at radius 2 is 2.05 bits per heavy atom. The Bertz CT molecular complexity index is 532. The molecule has 0 aliphatic heterocycles. The van der Waals surface area contributed by atoms with Gasteiger partial charge in [-0.2, -0.15) is 5.10 Å². The zero-order valence-corrected chi connectivity index (χ0v) is 11.8. The van der Waals surface area contributed by atoms with Crippen molar-refractivity contribution in [2.45, 2.75) is 39.7 Å². The smallest absolute Gasteiger partial charge is 0.132 e. The van der Waals surface area contributed by atoms with Crippen LogP contribution >= 0.6 is 0 Å². The molecule has 2 aromatic rings. The molecule has 5 heteroatoms. The molecular weight excluding hydrogens is 238 g/mol. The Hall–Kier alpha value is -1.91. The summed E-state index contributed by atoms with van der Waals surface area (Å²) < 4.78 is 1.96. The Morgan fingerprint density at radius 1 is 1.21 bits per heavy atom. The minimum atomic E-state index is 0.912. The summed E-state index contributed by atoms with van der Waals surface area (Å²) in [5, 5.41) is 7.52. The number of nitrogens with one attached hydrogen (secondary N) is 1. The van der Waals surface area contributed by atoms with Gasteiger partial charge in [-0.1, -0.05) is 20.3 Å². The first-order chi connectivity index (χ1) is 9.30. The van der Waals surface area contributed by atoms with Crippen molar-refractivity contribution in [2.24, 2.45) is 0 Å². The van der Waals surface area contributed by atoms with Gasteiger partial charge in [-0.3, -0.25) is 4.68 Å². The summed E-state index contributed by atoms with van der Waals surface area (Å²) in [7, 11) is 1.89. The summed E-state index contributed by atoms with van der Waals surface area (Å²) in [4.78, 5) is 8.74. The van der Waals surface area contributed by atoms with E-state index in [1.165, 1.54) is 5.56 Å². The second-order valence-corrected chi connectivity index (χ2v) is 4.54. The molecule has 0 spiro atoms. The highest BCUT2D eigenvalue weighted by atomic mass is 15.3. The lowest BCUT2D eigenvalue weighted by molar-refractivity contribution is 0.603. The van der Waals surface area contributed by atoms with Gasteiger partial charge in [-0.25, -0.2) is 9.97 Å². The average molecular weight is 259 g/mol. The van der Waals surface area contributed by atoms with E-state index >= 15 is 0 Å². The molecule has 2 heterocycles. The lowest BCUT2D eigenvalue weighted by Gasteiger charge is -2.10. The van der Waals surface area contributed by atoms with Gasteiger partial charge < -0.3 is 5.32 Å². The van der Waals surface area contributed by atoms with Gasteiger partial charge in [0.05, 0.1) is 11.9 Å². The van der Waals surface area contributed by atoms with Crippen LogP contribution in [0.1, 0.15) is 32.3 Å². The molecule has 1 N–H and O–H groups in total. The molecule has 0 bridgehead atoms. The lowest BCUT2D eigenvalue weighted by atomic mass is 10.1. The number of hydrogen-bond donors (Lipinski definition) is 1. The molecule has 2 rings (SSSR count). The van der Waals surface area contributed by atoms with E-state index in [1.54, 1.807) is 6.33 Å². The standard InChI is InChI=1S/C14H21N5/c1-4-6-12-13(16-10-17-14(12)15-3)11-8-18-19(9-11)7-5-2/h8-10H,4-7H2,1-3H3,(H,15,16,17). The monoisotopic (exact) mass is 259 g/mol. The molecule has 0 fully saturated rings. The second kappa shape index (κ2) is 6.31. The molecule has 19 heavy (non-hydrogen) atoms. The van der Waals surface area contributed by atoms with Crippen molar-refractivity contribution < 1.29 is 0 Å². The second-order valence-electron chi connectivity index (χ2n) is 4.54. The molecule has 102 valence electrons. The first kappa shape index (κ1) is 13.5. The van der Waals surface area contributed by atoms with Gasteiger partial charge in [0, 0.05) is 30.9 Å². The summed E-state index contributed by atoms with van der Waals surface area (Å²) in [6.07, 6.45) is 8.66. The molecular formula is C14H21N5. The SMILES string of the molecule is CCCc1c(NC)ncnc1-c1cnn(CCC)c1. The number of anilines is 1. The molecule has 0 radical (unpaired) electrons. The van der Waals surface area contributed by atoms with Crippen LogP contribution in [-0.4, -0.2) is 26.8 Å². The highest BCUT2D eigenvalue weighted by Gasteiger charge is 2.13. The van der Waals surface area contributed by atoms with Crippen LogP contribution < -0.4 is 5.32 Å². The van der Waals surface area contributed by atoms with Crippen LogP contribution in [0.3, 0.4) is 0 Å². The number of aryl methyl sites for hydroxylation is 1. The van der Waals surface area contributed by atoms with Gasteiger partial charge in [0.15, 0.2) is 0 Å². The third-order valence-electron chi connectivity index (χ3n) is 3.04. The third-order valence-corrected chi connectivity index (χ3v) is 3.04. The fraction of sp³-hybridized carbons (Fsp3) is 0.500. The van der Waals surface area contributed by atoms with Crippen LogP contribution in [0.15, 0.2) is 18.7 Å². The third kappa shape index (κ3) is 2.92. The van der Waals surface area contributed by atoms with Crippen LogP contribution in [-0.2, 0) is 13.0 Å². The van der Waals surface area contributed by atoms with Gasteiger partial charge in [0.1, 0.15) is 12.1 Å². The van der Waals surface area contributed by atoms with E-state index in [-0.39, 0.29) is 0 Å². The fourth-order valence-electron chi connectivity index (χ4n) is 2.20. The molecule has 0 amide bonds. The van der Waals surface area contributed by atoms with E-state index in [0.29, 0.717) is 0 Å². The number of aromatic nitrogens is 4. The number of hydrogen-bond acceptors (Lipinski definition) is 4. The summed E-state index contributed by atoms with van der Waals surface area (Å²) in [6, 6.07) is 0. The zero-order valence-electron chi connectivity index (χ0n) is 11.8. The van der Waals surface area contributed by atoms with E-state index in [2.05, 4.69) is 40.4 Å². The Kier molecular flexibility index (Phi) is 4.49. The molecule has 5 nitrogen and oxygen atoms in total. The minimum Gasteiger partial charge on any atom is -0.373 e. The Morgan fingerprint density at radius 3 is 2.74 bits per heavy atom. The van der Waals surface area contributed by atoms with Crippen molar-refractivity contribution in [3.8, 4) is 11.3 Å². The van der Waals surface area contributed by atoms with Crippen molar-refractivity contribution in [2.75, 3.05) is 12.4 Å². The van der Waals surface area contributed by atoms with Gasteiger partial charge in [0.2, 0.25) is 0 Å². The van der Waals surface area contributed by atoms with Crippen LogP contribution in [0.4, 0.5) is 5.82 Å². The summed E-state index contributed by atoms with van der Waals surface area (Å²) in [6.45, 7) is 5.25. The van der Waals surface area contributed by atoms with Crippen LogP contribution in [0.5, 0.6) is 0 Å². The maximum Gasteiger partial charge on any atom is 0.132 e. The van der Waals surface area contributed by atoms with Gasteiger partial charge in [-0.15, -0.1) is 0 Å². The first-order valence-electron chi connectivity index (χ1n) is 6.84. The maximum atomic E-state index is 4.45. The van der Waals surface area contributed by atoms with E-state index in [4.69, 9.17) is 0 Å². The molecule has 0 saturated carbocycles. The van der Waals surface area contributed by atoms with E-state index in [9.17, 15) is 0 Å². The average Bonchev–Trinajstić information content (AvgIpc) is 2.88. The molecule has 0 aromatic carbocycles. The van der Waals surface area contributed by atoms with E-state index < -0.39 is 0 Å². The number of rotatable bonds is 6. The van der Waals surface area contributed by atoms with Crippen molar-refractivity contribution in [1.29, 1.82) is 0 Å². The highest BCUT2D eigenvalue weighted by molar-refractivity contribution is 5.67. The van der Waals surface area contributed by atoms with Crippen molar-refractivity contribution >= 4 is 5.82 Å². The molecule has 0 aliphatic carbocycles. The van der Waals surface area contributed by atoms with E-state index in [0.717, 1.165) is 42.9 Å². The zero-order chi connectivity index (χ0) is 13.7. The van der Waals surface area contributed by atoms with Crippen molar-refractivity contribution in [3.05, 3.63) is 24.3 Å². The molecule has 2 aromatic heterocycles. The topological polar surface area (TPSA) is 55.6 Å². The fourth-order valence-corrected chi connectivity index (χ4v) is 2.20. The van der Waals surface area contributed by atoms with Gasteiger partial charge >= 0.3 is 0 Å². The van der Waals surface area contributed by atoms with Crippen LogP contribution in [0.2, 0.25) is 0 Å². The minimum absolute atomic E-state index is 0.912. The normalized spacial score (nSPS) is 10.7. The van der Waals surface area contributed by atoms with Crippen LogP contribution in [0, 0.1) is 0 Å². The summed E-state index contributed by atoms with van der Waals surface area (Å²) in [5.41, 5.74) is 3.22. The van der Waals surface area contributed by atoms with E-state index in [1.807, 2.05) is 17.9 Å². The highest BCUT2D eigenvalue weighted by Crippen LogP contribution is 2.26. The predicted octanol–water partition coefficient (Wildman–Crippen LogP) is 2.74. The van der Waals surface area contributed by atoms with Crippen LogP contribution in [0.25, 0.3) is 11.3 Å². The largest absolute Gasteiger partial charge is 0.373 e. The van der Waals surface area contributed by atoms with Crippen molar-refractivity contribution in [3.63, 3.8) is 0 Å². The summed E-state index contributed by atoms with van der Waals surface area (Å²) >= 11 is 0. The van der Waals surface area contributed by atoms with Crippen molar-refractivity contribution in [1.82, 2.24) is 19.7 Å². The Labute approximate surface area is 114 Å². The Balaban J connectivity index is 2.41. The molecule has 0 unspecified atom stereocenters. The number of nitrogens with zero attached hydrogens (tertiary/aromatic N) is 4. The quantitative estimate of drug-likeness (QED) is 0.866. The summed E-state index contributed by atoms with van der Waals surface area (Å²) in [5.74, 6) is 0.912. The van der Waals surface area contributed by atoms with Gasteiger partial charge in [0.25, 0.3) is 0 Å². The predicted molar refractivity (Wildman–Crippen MR) is 77.1 cm³/mol. The van der Waals surface area contributed by atoms with Gasteiger partial charge in [-0.05, 0) is 12.8 Å².